The summed E-state index contributed by atoms with van der Waals surface area (Å²) in [5.41, 5.74) is -0.183. The monoisotopic (exact) mass is 226 g/mol. The number of carbonyl (C=O) groups is 1. The quantitative estimate of drug-likeness (QED) is 0.769. The second kappa shape index (κ2) is 4.72. The Labute approximate surface area is 97.3 Å². The summed E-state index contributed by atoms with van der Waals surface area (Å²) in [7, 11) is 0. The topological polar surface area (TPSA) is 41.6 Å². The number of nitrogens with zero attached hydrogens (tertiary/aromatic N) is 1. The van der Waals surface area contributed by atoms with Crippen molar-refractivity contribution in [3.8, 4) is 0 Å². The second-order valence-electron chi connectivity index (χ2n) is 5.40. The highest BCUT2D eigenvalue weighted by atomic mass is 16.5. The summed E-state index contributed by atoms with van der Waals surface area (Å²) in [6, 6.07) is 0.689. The molecule has 2 fully saturated rings. The highest BCUT2D eigenvalue weighted by Gasteiger charge is 2.29. The van der Waals surface area contributed by atoms with Crippen LogP contribution < -0.4 is 5.32 Å². The first-order valence-electron chi connectivity index (χ1n) is 6.22. The van der Waals surface area contributed by atoms with Crippen molar-refractivity contribution in [1.82, 2.24) is 10.2 Å². The lowest BCUT2D eigenvalue weighted by molar-refractivity contribution is -0.145. The number of carbonyl (C=O) groups excluding carboxylic acids is 1. The van der Waals surface area contributed by atoms with Gasteiger partial charge >= 0.3 is 0 Å². The van der Waals surface area contributed by atoms with Crippen LogP contribution in [0.1, 0.15) is 33.1 Å². The Kier molecular flexibility index (Phi) is 3.50. The molecule has 1 aliphatic heterocycles. The zero-order valence-electron chi connectivity index (χ0n) is 10.3. The highest BCUT2D eigenvalue weighted by Crippen LogP contribution is 2.19. The van der Waals surface area contributed by atoms with Crippen molar-refractivity contribution >= 4 is 5.91 Å². The largest absolute Gasteiger partial charge is 0.372 e. The van der Waals surface area contributed by atoms with Crippen molar-refractivity contribution in [3.05, 3.63) is 0 Å². The molecule has 0 bridgehead atoms. The van der Waals surface area contributed by atoms with Gasteiger partial charge in [0.25, 0.3) is 0 Å². The van der Waals surface area contributed by atoms with Crippen molar-refractivity contribution in [2.24, 2.45) is 0 Å². The van der Waals surface area contributed by atoms with Crippen LogP contribution in [0.2, 0.25) is 0 Å². The molecule has 2 rings (SSSR count). The van der Waals surface area contributed by atoms with Crippen LogP contribution in [0.25, 0.3) is 0 Å². The fourth-order valence-electron chi connectivity index (χ4n) is 2.06. The van der Waals surface area contributed by atoms with Gasteiger partial charge in [0.1, 0.15) is 0 Å². The first-order valence-corrected chi connectivity index (χ1v) is 6.22. The summed E-state index contributed by atoms with van der Waals surface area (Å²) < 4.78 is 5.59. The van der Waals surface area contributed by atoms with E-state index < -0.39 is 0 Å². The van der Waals surface area contributed by atoms with Crippen LogP contribution in [0.15, 0.2) is 0 Å². The Balaban J connectivity index is 1.70. The summed E-state index contributed by atoms with van der Waals surface area (Å²) in [5.74, 6) is 0.254. The SMILES string of the molecule is CC1(C)CN(C(=O)CCNC2CC2)CCO1. The number of hydrogen-bond donors (Lipinski definition) is 1. The normalized spacial score (nSPS) is 24.5. The van der Waals surface area contributed by atoms with Gasteiger partial charge in [-0.1, -0.05) is 0 Å². The molecule has 0 radical (unpaired) electrons. The molecule has 0 aromatic heterocycles. The first-order chi connectivity index (χ1) is 7.57. The zero-order chi connectivity index (χ0) is 11.6. The number of rotatable bonds is 4. The molecule has 16 heavy (non-hydrogen) atoms. The highest BCUT2D eigenvalue weighted by molar-refractivity contribution is 5.76. The molecule has 4 nitrogen and oxygen atoms in total. The third-order valence-corrected chi connectivity index (χ3v) is 3.13. The standard InChI is InChI=1S/C12H22N2O2/c1-12(2)9-14(7-8-16-12)11(15)5-6-13-10-3-4-10/h10,13H,3-9H2,1-2H3. The zero-order valence-corrected chi connectivity index (χ0v) is 10.3. The van der Waals surface area contributed by atoms with Crippen molar-refractivity contribution in [2.45, 2.75) is 44.8 Å². The minimum absolute atomic E-state index is 0.183. The predicted octanol–water partition coefficient (Wildman–Crippen LogP) is 0.766. The van der Waals surface area contributed by atoms with Crippen molar-refractivity contribution in [1.29, 1.82) is 0 Å². The summed E-state index contributed by atoms with van der Waals surface area (Å²) in [5, 5.41) is 3.37. The van der Waals surface area contributed by atoms with Gasteiger partial charge < -0.3 is 15.0 Å². The molecule has 0 atom stereocenters. The molecule has 0 spiro atoms. The number of nitrogens with one attached hydrogen (secondary N) is 1. The van der Waals surface area contributed by atoms with Gasteiger partial charge in [-0.3, -0.25) is 4.79 Å². The lowest BCUT2D eigenvalue weighted by Gasteiger charge is -2.38. The van der Waals surface area contributed by atoms with E-state index >= 15 is 0 Å². The van der Waals surface area contributed by atoms with E-state index in [-0.39, 0.29) is 11.5 Å². The van der Waals surface area contributed by atoms with E-state index in [0.717, 1.165) is 19.6 Å². The summed E-state index contributed by atoms with van der Waals surface area (Å²) in [6.07, 6.45) is 3.17. The molecule has 0 aromatic carbocycles. The van der Waals surface area contributed by atoms with E-state index in [2.05, 4.69) is 5.32 Å². The van der Waals surface area contributed by atoms with E-state index in [1.54, 1.807) is 0 Å². The Hall–Kier alpha value is -0.610. The third kappa shape index (κ3) is 3.46. The Morgan fingerprint density at radius 2 is 2.25 bits per heavy atom. The van der Waals surface area contributed by atoms with Crippen LogP contribution in [-0.2, 0) is 9.53 Å². The molecule has 1 aliphatic carbocycles. The minimum Gasteiger partial charge on any atom is -0.372 e. The van der Waals surface area contributed by atoms with E-state index in [1.807, 2.05) is 18.7 Å². The average molecular weight is 226 g/mol. The fourth-order valence-corrected chi connectivity index (χ4v) is 2.06. The maximum Gasteiger partial charge on any atom is 0.224 e. The van der Waals surface area contributed by atoms with E-state index in [9.17, 15) is 4.79 Å². The molecule has 1 heterocycles. The van der Waals surface area contributed by atoms with Crippen LogP contribution in [0.3, 0.4) is 0 Å². The van der Waals surface area contributed by atoms with Crippen LogP contribution >= 0.6 is 0 Å². The van der Waals surface area contributed by atoms with Gasteiger partial charge in [-0.15, -0.1) is 0 Å². The lowest BCUT2D eigenvalue weighted by Crippen LogP contribution is -2.50. The maximum atomic E-state index is 11.9. The average Bonchev–Trinajstić information content (AvgIpc) is 3.00. The van der Waals surface area contributed by atoms with Gasteiger partial charge in [-0.25, -0.2) is 0 Å². The molecular weight excluding hydrogens is 204 g/mol. The van der Waals surface area contributed by atoms with Gasteiger partial charge in [-0.05, 0) is 26.7 Å². The predicted molar refractivity (Wildman–Crippen MR) is 62.3 cm³/mol. The number of ether oxygens (including phenoxy) is 1. The Morgan fingerprint density at radius 3 is 2.88 bits per heavy atom. The first kappa shape index (κ1) is 11.9. The van der Waals surface area contributed by atoms with E-state index in [1.165, 1.54) is 12.8 Å². The molecule has 0 unspecified atom stereocenters. The molecule has 1 saturated carbocycles. The molecule has 2 aliphatic rings. The van der Waals surface area contributed by atoms with Gasteiger partial charge in [-0.2, -0.15) is 0 Å². The smallest absolute Gasteiger partial charge is 0.224 e. The summed E-state index contributed by atoms with van der Waals surface area (Å²) in [6.45, 7) is 7.01. The Bertz CT molecular complexity index is 262. The van der Waals surface area contributed by atoms with E-state index in [0.29, 0.717) is 19.1 Å². The minimum atomic E-state index is -0.183. The molecule has 92 valence electrons. The van der Waals surface area contributed by atoms with Gasteiger partial charge in [0, 0.05) is 32.1 Å². The van der Waals surface area contributed by atoms with Gasteiger partial charge in [0.15, 0.2) is 0 Å². The van der Waals surface area contributed by atoms with Crippen LogP contribution in [0.4, 0.5) is 0 Å². The number of hydrogen-bond acceptors (Lipinski definition) is 3. The maximum absolute atomic E-state index is 11.9. The molecule has 4 heteroatoms. The van der Waals surface area contributed by atoms with E-state index in [4.69, 9.17) is 4.74 Å². The molecule has 0 aromatic rings. The van der Waals surface area contributed by atoms with Crippen LogP contribution in [0, 0.1) is 0 Å². The van der Waals surface area contributed by atoms with Crippen molar-refractivity contribution < 1.29 is 9.53 Å². The fraction of sp³-hybridized carbons (Fsp3) is 0.917. The number of morpholine rings is 1. The second-order valence-corrected chi connectivity index (χ2v) is 5.40. The lowest BCUT2D eigenvalue weighted by atomic mass is 10.1. The molecular formula is C12H22N2O2. The molecule has 1 N–H and O–H groups in total. The van der Waals surface area contributed by atoms with Gasteiger partial charge in [0.05, 0.1) is 12.2 Å². The molecule has 1 saturated heterocycles. The molecule has 1 amide bonds. The van der Waals surface area contributed by atoms with Crippen LogP contribution in [-0.4, -0.2) is 48.7 Å². The van der Waals surface area contributed by atoms with Crippen molar-refractivity contribution in [3.63, 3.8) is 0 Å². The number of amides is 1. The van der Waals surface area contributed by atoms with Crippen molar-refractivity contribution in [2.75, 3.05) is 26.2 Å². The Morgan fingerprint density at radius 1 is 1.50 bits per heavy atom. The van der Waals surface area contributed by atoms with Gasteiger partial charge in [0.2, 0.25) is 5.91 Å². The van der Waals surface area contributed by atoms with Crippen LogP contribution in [0.5, 0.6) is 0 Å². The summed E-state index contributed by atoms with van der Waals surface area (Å²) in [4.78, 5) is 13.8. The third-order valence-electron chi connectivity index (χ3n) is 3.13. The summed E-state index contributed by atoms with van der Waals surface area (Å²) >= 11 is 0.